The van der Waals surface area contributed by atoms with E-state index in [1.54, 1.807) is 0 Å². The number of anilines is 1. The molecule has 4 rings (SSSR count). The largest absolute Gasteiger partial charge is 0.363 e. The molecule has 1 aromatic heterocycles. The Balaban J connectivity index is 0.00000210. The van der Waals surface area contributed by atoms with E-state index in [0.29, 0.717) is 5.11 Å². The van der Waals surface area contributed by atoms with Gasteiger partial charge in [0.05, 0.1) is 5.71 Å². The van der Waals surface area contributed by atoms with Crippen molar-refractivity contribution in [1.82, 2.24) is 9.99 Å². The maximum absolute atomic E-state index is 5.66. The van der Waals surface area contributed by atoms with Crippen molar-refractivity contribution in [1.29, 1.82) is 0 Å². The van der Waals surface area contributed by atoms with Gasteiger partial charge in [-0.25, -0.2) is 5.01 Å². The summed E-state index contributed by atoms with van der Waals surface area (Å²) in [7, 11) is 0. The Hall–Kier alpha value is -2.63. The molecule has 0 aliphatic carbocycles. The zero-order chi connectivity index (χ0) is 17.9. The van der Waals surface area contributed by atoms with Crippen LogP contribution >= 0.6 is 24.6 Å². The fourth-order valence-electron chi connectivity index (χ4n) is 3.11. The highest BCUT2D eigenvalue weighted by Gasteiger charge is 2.32. The van der Waals surface area contributed by atoms with E-state index in [1.165, 1.54) is 5.56 Å². The number of benzene rings is 2. The second-order valence-electron chi connectivity index (χ2n) is 6.40. The second kappa shape index (κ2) is 8.37. The molecule has 0 saturated carbocycles. The van der Waals surface area contributed by atoms with E-state index in [1.807, 2.05) is 47.6 Å². The number of hydrazone groups is 1. The summed E-state index contributed by atoms with van der Waals surface area (Å²) in [6, 6.07) is 22.6. The maximum atomic E-state index is 5.66. The van der Waals surface area contributed by atoms with Gasteiger partial charge in [0.15, 0.2) is 5.11 Å². The number of hydrogen-bond donors (Lipinski definition) is 2. The van der Waals surface area contributed by atoms with Crippen LogP contribution in [0, 0.1) is 6.92 Å². The fourth-order valence-corrected chi connectivity index (χ4v) is 3.40. The van der Waals surface area contributed by atoms with E-state index >= 15 is 0 Å². The molecule has 0 saturated heterocycles. The summed E-state index contributed by atoms with van der Waals surface area (Å²) in [5.41, 5.74) is 5.49. The number of halogens is 1. The van der Waals surface area contributed by atoms with Crippen molar-refractivity contribution in [2.45, 2.75) is 19.4 Å². The lowest BCUT2D eigenvalue weighted by atomic mass is 10.0. The summed E-state index contributed by atoms with van der Waals surface area (Å²) in [5, 5.41) is 10.6. The lowest BCUT2D eigenvalue weighted by Gasteiger charge is -2.23. The molecule has 0 spiro atoms. The molecule has 1 aliphatic heterocycles. The molecule has 0 radical (unpaired) electrons. The van der Waals surface area contributed by atoms with Crippen molar-refractivity contribution < 1.29 is 0 Å². The first-order valence-corrected chi connectivity index (χ1v) is 9.04. The van der Waals surface area contributed by atoms with Crippen LogP contribution in [0.15, 0.2) is 78.0 Å². The van der Waals surface area contributed by atoms with E-state index < -0.39 is 0 Å². The molecule has 1 aliphatic rings. The van der Waals surface area contributed by atoms with Crippen molar-refractivity contribution in [3.63, 3.8) is 0 Å². The number of nitrogens with one attached hydrogen (secondary N) is 2. The predicted octanol–water partition coefficient (Wildman–Crippen LogP) is 5.29. The Morgan fingerprint density at radius 2 is 1.81 bits per heavy atom. The maximum Gasteiger partial charge on any atom is 0.194 e. The van der Waals surface area contributed by atoms with Gasteiger partial charge in [-0.2, -0.15) is 5.10 Å². The van der Waals surface area contributed by atoms with Gasteiger partial charge in [0, 0.05) is 24.0 Å². The van der Waals surface area contributed by atoms with Crippen molar-refractivity contribution in [2.75, 3.05) is 5.32 Å². The van der Waals surface area contributed by atoms with Crippen LogP contribution in [0.5, 0.6) is 0 Å². The van der Waals surface area contributed by atoms with Crippen molar-refractivity contribution in [2.24, 2.45) is 5.10 Å². The summed E-state index contributed by atoms with van der Waals surface area (Å²) >= 11 is 5.66. The summed E-state index contributed by atoms with van der Waals surface area (Å²) in [5.74, 6) is 0. The van der Waals surface area contributed by atoms with Crippen molar-refractivity contribution in [3.8, 4) is 0 Å². The number of hydrogen-bond acceptors (Lipinski definition) is 2. The first-order valence-electron chi connectivity index (χ1n) is 8.64. The molecule has 138 valence electrons. The van der Waals surface area contributed by atoms with Crippen molar-refractivity contribution in [3.05, 3.63) is 89.7 Å². The van der Waals surface area contributed by atoms with Crippen LogP contribution in [0.2, 0.25) is 0 Å². The molecule has 2 N–H and O–H groups in total. The minimum atomic E-state index is 0. The van der Waals surface area contributed by atoms with Crippen LogP contribution in [0.1, 0.15) is 29.3 Å². The Morgan fingerprint density at radius 3 is 2.48 bits per heavy atom. The van der Waals surface area contributed by atoms with Gasteiger partial charge >= 0.3 is 0 Å². The van der Waals surface area contributed by atoms with E-state index in [9.17, 15) is 0 Å². The molecule has 27 heavy (non-hydrogen) atoms. The van der Waals surface area contributed by atoms with Crippen LogP contribution in [0.3, 0.4) is 0 Å². The number of para-hydroxylation sites is 1. The highest BCUT2D eigenvalue weighted by Crippen LogP contribution is 2.32. The van der Waals surface area contributed by atoms with Crippen LogP contribution in [-0.2, 0) is 0 Å². The SMILES string of the molecule is Cc1ccc(C2=NN(C(=S)Nc3ccccc3)C(c3ccc[nH]3)C2)cc1.Cl. The molecule has 0 amide bonds. The third kappa shape index (κ3) is 4.21. The topological polar surface area (TPSA) is 43.4 Å². The van der Waals surface area contributed by atoms with Gasteiger partial charge in [-0.1, -0.05) is 48.0 Å². The number of thiocarbonyl (C=S) groups is 1. The van der Waals surface area contributed by atoms with Crippen LogP contribution in [0.4, 0.5) is 5.69 Å². The molecule has 6 heteroatoms. The van der Waals surface area contributed by atoms with Gasteiger partial charge in [-0.05, 0) is 49.0 Å². The lowest BCUT2D eigenvalue weighted by molar-refractivity contribution is 0.369. The number of rotatable bonds is 3. The third-order valence-electron chi connectivity index (χ3n) is 4.51. The van der Waals surface area contributed by atoms with Gasteiger partial charge in [-0.15, -0.1) is 12.4 Å². The zero-order valence-corrected chi connectivity index (χ0v) is 16.6. The van der Waals surface area contributed by atoms with Crippen LogP contribution in [-0.4, -0.2) is 20.8 Å². The molecule has 0 fully saturated rings. The normalized spacial score (nSPS) is 15.8. The first-order chi connectivity index (χ1) is 12.7. The van der Waals surface area contributed by atoms with E-state index in [-0.39, 0.29) is 18.4 Å². The minimum absolute atomic E-state index is 0. The summed E-state index contributed by atoms with van der Waals surface area (Å²) in [6.07, 6.45) is 2.74. The predicted molar refractivity (Wildman–Crippen MR) is 118 cm³/mol. The molecular formula is C21H21ClN4S. The smallest absolute Gasteiger partial charge is 0.194 e. The highest BCUT2D eigenvalue weighted by molar-refractivity contribution is 7.80. The lowest BCUT2D eigenvalue weighted by Crippen LogP contribution is -2.31. The number of aryl methyl sites for hydroxylation is 1. The molecule has 0 bridgehead atoms. The van der Waals surface area contributed by atoms with Gasteiger partial charge in [-0.3, -0.25) is 0 Å². The first kappa shape index (κ1) is 19.1. The molecule has 1 atom stereocenters. The molecule has 4 nitrogen and oxygen atoms in total. The fraction of sp³-hybridized carbons (Fsp3) is 0.143. The van der Waals surface area contributed by atoms with Gasteiger partial charge in [0.1, 0.15) is 6.04 Å². The highest BCUT2D eigenvalue weighted by atomic mass is 35.5. The van der Waals surface area contributed by atoms with Gasteiger partial charge in [0.2, 0.25) is 0 Å². The Morgan fingerprint density at radius 1 is 1.07 bits per heavy atom. The van der Waals surface area contributed by atoms with Crippen molar-refractivity contribution >= 4 is 41.1 Å². The molecular weight excluding hydrogens is 376 g/mol. The molecule has 1 unspecified atom stereocenters. The summed E-state index contributed by atoms with van der Waals surface area (Å²) < 4.78 is 0. The quantitative estimate of drug-likeness (QED) is 0.591. The molecule has 2 heterocycles. The Kier molecular flexibility index (Phi) is 5.94. The van der Waals surface area contributed by atoms with E-state index in [2.05, 4.69) is 47.6 Å². The minimum Gasteiger partial charge on any atom is -0.363 e. The number of nitrogens with zero attached hydrogens (tertiary/aromatic N) is 2. The van der Waals surface area contributed by atoms with Gasteiger partial charge < -0.3 is 10.3 Å². The Bertz CT molecular complexity index is 921. The Labute approximate surface area is 170 Å². The zero-order valence-electron chi connectivity index (χ0n) is 14.9. The van der Waals surface area contributed by atoms with Crippen LogP contribution < -0.4 is 5.32 Å². The molecule has 3 aromatic rings. The number of H-pyrrole nitrogens is 1. The van der Waals surface area contributed by atoms with E-state index in [0.717, 1.165) is 29.1 Å². The third-order valence-corrected chi connectivity index (χ3v) is 4.80. The number of aromatic amines is 1. The van der Waals surface area contributed by atoms with E-state index in [4.69, 9.17) is 17.3 Å². The summed E-state index contributed by atoms with van der Waals surface area (Å²) in [4.78, 5) is 3.31. The molecule has 2 aromatic carbocycles. The average molecular weight is 397 g/mol. The average Bonchev–Trinajstić information content (AvgIpc) is 3.33. The second-order valence-corrected chi connectivity index (χ2v) is 6.79. The standard InChI is InChI=1S/C21H20N4S.ClH/c1-15-9-11-16(12-10-15)19-14-20(18-8-5-13-22-18)25(24-19)21(26)23-17-6-3-2-4-7-17;/h2-13,20,22H,14H2,1H3,(H,23,26);1H. The monoisotopic (exact) mass is 396 g/mol. The van der Waals surface area contributed by atoms with Gasteiger partial charge in [0.25, 0.3) is 0 Å². The summed E-state index contributed by atoms with van der Waals surface area (Å²) in [6.45, 7) is 2.09. The number of aromatic nitrogens is 1. The van der Waals surface area contributed by atoms with Crippen LogP contribution in [0.25, 0.3) is 0 Å².